The SMILES string of the molecule is c1ccc(-c2nc(-c3ccccc3)nc(-c3cccc(-c4ccc(-c5ncnc6c5sc5c(-c7ccccc7)cccc56)cc4)c3)n2)cc1. The fraction of sp³-hybridized carbons (Fsp3) is 0. The van der Waals surface area contributed by atoms with E-state index in [1.54, 1.807) is 17.7 Å². The van der Waals surface area contributed by atoms with Gasteiger partial charge in [0.1, 0.15) is 6.33 Å². The summed E-state index contributed by atoms with van der Waals surface area (Å²) in [7, 11) is 0. The molecule has 0 spiro atoms. The van der Waals surface area contributed by atoms with Gasteiger partial charge in [-0.2, -0.15) is 0 Å². The van der Waals surface area contributed by atoms with E-state index in [4.69, 9.17) is 24.9 Å². The van der Waals surface area contributed by atoms with E-state index < -0.39 is 0 Å². The first-order chi connectivity index (χ1) is 24.3. The minimum Gasteiger partial charge on any atom is -0.235 e. The van der Waals surface area contributed by atoms with Crippen molar-refractivity contribution < 1.29 is 0 Å². The van der Waals surface area contributed by atoms with E-state index in [0.717, 1.165) is 54.7 Å². The summed E-state index contributed by atoms with van der Waals surface area (Å²) >= 11 is 1.76. The molecule has 6 heteroatoms. The van der Waals surface area contributed by atoms with Gasteiger partial charge < -0.3 is 0 Å². The zero-order chi connectivity index (χ0) is 32.6. The Hall–Kier alpha value is -6.37. The van der Waals surface area contributed by atoms with Crippen molar-refractivity contribution in [3.8, 4) is 67.7 Å². The molecule has 0 fully saturated rings. The second-order valence-corrected chi connectivity index (χ2v) is 12.8. The van der Waals surface area contributed by atoms with Crippen molar-refractivity contribution in [1.82, 2.24) is 24.9 Å². The lowest BCUT2D eigenvalue weighted by atomic mass is 10.00. The Morgan fingerprint density at radius 2 is 0.898 bits per heavy atom. The molecule has 0 unspecified atom stereocenters. The predicted octanol–water partition coefficient (Wildman–Crippen LogP) is 11.0. The van der Waals surface area contributed by atoms with Gasteiger partial charge in [0.2, 0.25) is 0 Å². The molecule has 0 atom stereocenters. The summed E-state index contributed by atoms with van der Waals surface area (Å²) in [4.78, 5) is 24.2. The fourth-order valence-corrected chi connectivity index (χ4v) is 7.55. The van der Waals surface area contributed by atoms with Crippen LogP contribution in [0, 0.1) is 0 Å². The van der Waals surface area contributed by atoms with Crippen LogP contribution in [0.4, 0.5) is 0 Å². The molecule has 3 aromatic heterocycles. The molecule has 3 heterocycles. The Labute approximate surface area is 287 Å². The Bertz CT molecular complexity index is 2530. The second kappa shape index (κ2) is 12.3. The van der Waals surface area contributed by atoms with Gasteiger partial charge >= 0.3 is 0 Å². The van der Waals surface area contributed by atoms with Gasteiger partial charge in [0.25, 0.3) is 0 Å². The smallest absolute Gasteiger partial charge is 0.164 e. The molecule has 0 saturated heterocycles. The number of thiophene rings is 1. The Morgan fingerprint density at radius 3 is 1.55 bits per heavy atom. The first-order valence-electron chi connectivity index (χ1n) is 16.1. The van der Waals surface area contributed by atoms with Crippen LogP contribution in [0.2, 0.25) is 0 Å². The van der Waals surface area contributed by atoms with Crippen LogP contribution in [0.1, 0.15) is 0 Å². The molecule has 0 N–H and O–H groups in total. The van der Waals surface area contributed by atoms with Gasteiger partial charge in [-0.3, -0.25) is 0 Å². The van der Waals surface area contributed by atoms with Crippen LogP contribution in [0.5, 0.6) is 0 Å². The van der Waals surface area contributed by atoms with Crippen molar-refractivity contribution in [2.45, 2.75) is 0 Å². The molecule has 0 aliphatic heterocycles. The third kappa shape index (κ3) is 5.44. The van der Waals surface area contributed by atoms with E-state index in [1.807, 2.05) is 60.7 Å². The highest BCUT2D eigenvalue weighted by Crippen LogP contribution is 2.42. The normalized spacial score (nSPS) is 11.3. The Morgan fingerprint density at radius 1 is 0.367 bits per heavy atom. The van der Waals surface area contributed by atoms with E-state index in [-0.39, 0.29) is 0 Å². The van der Waals surface area contributed by atoms with Crippen LogP contribution < -0.4 is 0 Å². The molecule has 0 aliphatic carbocycles. The Kier molecular flexibility index (Phi) is 7.26. The lowest BCUT2D eigenvalue weighted by Crippen LogP contribution is -2.00. The zero-order valence-corrected chi connectivity index (χ0v) is 27.0. The third-order valence-electron chi connectivity index (χ3n) is 8.67. The number of rotatable bonds is 6. The molecule has 49 heavy (non-hydrogen) atoms. The fourth-order valence-electron chi connectivity index (χ4n) is 6.24. The Balaban J connectivity index is 1.09. The summed E-state index contributed by atoms with van der Waals surface area (Å²) in [6.45, 7) is 0. The molecule has 0 radical (unpaired) electrons. The standard InChI is InChI=1S/C43H27N5S/c1-4-12-29(13-5-1)35-20-11-21-36-38-40(49-39(35)36)37(44-27-45-38)30-24-22-28(23-25-30)33-18-10-19-34(26-33)43-47-41(31-14-6-2-7-15-31)46-42(48-43)32-16-8-3-9-17-32/h1-27H. The van der Waals surface area contributed by atoms with Crippen molar-refractivity contribution in [2.24, 2.45) is 0 Å². The topological polar surface area (TPSA) is 64.5 Å². The van der Waals surface area contributed by atoms with Crippen LogP contribution in [-0.4, -0.2) is 24.9 Å². The summed E-state index contributed by atoms with van der Waals surface area (Å²) in [6.07, 6.45) is 1.68. The van der Waals surface area contributed by atoms with Crippen LogP contribution >= 0.6 is 11.3 Å². The number of hydrogen-bond acceptors (Lipinski definition) is 6. The van der Waals surface area contributed by atoms with E-state index in [9.17, 15) is 0 Å². The van der Waals surface area contributed by atoms with Gasteiger partial charge in [0.05, 0.1) is 15.9 Å². The van der Waals surface area contributed by atoms with Gasteiger partial charge in [-0.25, -0.2) is 24.9 Å². The summed E-state index contributed by atoms with van der Waals surface area (Å²) in [5, 5.41) is 1.16. The highest BCUT2D eigenvalue weighted by atomic mass is 32.1. The molecule has 0 saturated carbocycles. The summed E-state index contributed by atoms with van der Waals surface area (Å²) in [6, 6.07) is 54.1. The molecule has 0 aliphatic rings. The summed E-state index contributed by atoms with van der Waals surface area (Å²) in [5.41, 5.74) is 10.4. The number of nitrogens with zero attached hydrogens (tertiary/aromatic N) is 5. The van der Waals surface area contributed by atoms with Crippen molar-refractivity contribution in [3.05, 3.63) is 164 Å². The molecule has 230 valence electrons. The van der Waals surface area contributed by atoms with Crippen LogP contribution in [0.25, 0.3) is 88.0 Å². The highest BCUT2D eigenvalue weighted by molar-refractivity contribution is 7.26. The third-order valence-corrected chi connectivity index (χ3v) is 9.91. The van der Waals surface area contributed by atoms with Gasteiger partial charge in [0.15, 0.2) is 17.5 Å². The predicted molar refractivity (Wildman–Crippen MR) is 201 cm³/mol. The number of aromatic nitrogens is 5. The van der Waals surface area contributed by atoms with Crippen LogP contribution in [-0.2, 0) is 0 Å². The summed E-state index contributed by atoms with van der Waals surface area (Å²) in [5.74, 6) is 1.93. The van der Waals surface area contributed by atoms with E-state index in [1.165, 1.54) is 15.8 Å². The average Bonchev–Trinajstić information content (AvgIpc) is 3.58. The monoisotopic (exact) mass is 645 g/mol. The summed E-state index contributed by atoms with van der Waals surface area (Å²) < 4.78 is 2.32. The minimum atomic E-state index is 0.634. The molecule has 5 nitrogen and oxygen atoms in total. The van der Waals surface area contributed by atoms with Crippen molar-refractivity contribution >= 4 is 31.6 Å². The van der Waals surface area contributed by atoms with E-state index >= 15 is 0 Å². The first kappa shape index (κ1) is 28.8. The number of hydrogen-bond donors (Lipinski definition) is 0. The van der Waals surface area contributed by atoms with Gasteiger partial charge in [-0.05, 0) is 28.3 Å². The molecule has 0 bridgehead atoms. The van der Waals surface area contributed by atoms with Crippen LogP contribution in [0.3, 0.4) is 0 Å². The van der Waals surface area contributed by atoms with E-state index in [2.05, 4.69) is 97.1 Å². The minimum absolute atomic E-state index is 0.634. The maximum absolute atomic E-state index is 4.93. The van der Waals surface area contributed by atoms with Gasteiger partial charge in [-0.15, -0.1) is 11.3 Å². The largest absolute Gasteiger partial charge is 0.235 e. The number of fused-ring (bicyclic) bond motifs is 3. The number of benzene rings is 6. The molecule has 6 aromatic carbocycles. The second-order valence-electron chi connectivity index (χ2n) is 11.7. The zero-order valence-electron chi connectivity index (χ0n) is 26.2. The van der Waals surface area contributed by atoms with Gasteiger partial charge in [0, 0.05) is 32.3 Å². The van der Waals surface area contributed by atoms with E-state index in [0.29, 0.717) is 17.5 Å². The molecular weight excluding hydrogens is 619 g/mol. The molecule has 0 amide bonds. The maximum Gasteiger partial charge on any atom is 0.164 e. The maximum atomic E-state index is 4.93. The quantitative estimate of drug-likeness (QED) is 0.180. The highest BCUT2D eigenvalue weighted by Gasteiger charge is 2.17. The van der Waals surface area contributed by atoms with Crippen molar-refractivity contribution in [2.75, 3.05) is 0 Å². The first-order valence-corrected chi connectivity index (χ1v) is 16.9. The van der Waals surface area contributed by atoms with Crippen molar-refractivity contribution in [3.63, 3.8) is 0 Å². The van der Waals surface area contributed by atoms with Gasteiger partial charge in [-0.1, -0.05) is 152 Å². The molecular formula is C43H27N5S. The molecule has 9 rings (SSSR count). The van der Waals surface area contributed by atoms with Crippen LogP contribution in [0.15, 0.2) is 164 Å². The molecule has 9 aromatic rings. The lowest BCUT2D eigenvalue weighted by molar-refractivity contribution is 1.07. The average molecular weight is 646 g/mol. The van der Waals surface area contributed by atoms with Crippen molar-refractivity contribution in [1.29, 1.82) is 0 Å². The lowest BCUT2D eigenvalue weighted by Gasteiger charge is -2.10.